The molecule has 12 heteroatoms. The van der Waals surface area contributed by atoms with E-state index in [0.717, 1.165) is 71.0 Å². The fourth-order valence-electron chi connectivity index (χ4n) is 5.86. The molecule has 2 aromatic heterocycles. The van der Waals surface area contributed by atoms with Gasteiger partial charge in [-0.15, -0.1) is 11.3 Å². The van der Waals surface area contributed by atoms with Crippen molar-refractivity contribution in [3.05, 3.63) is 42.3 Å². The molecule has 3 aliphatic heterocycles. The van der Waals surface area contributed by atoms with Crippen molar-refractivity contribution >= 4 is 43.1 Å². The lowest BCUT2D eigenvalue weighted by molar-refractivity contribution is 0.188. The van der Waals surface area contributed by atoms with E-state index >= 15 is 0 Å². The summed E-state index contributed by atoms with van der Waals surface area (Å²) in [7, 11) is 0.863. The largest absolute Gasteiger partial charge is 0.462 e. The zero-order valence-corrected chi connectivity index (χ0v) is 25.5. The van der Waals surface area contributed by atoms with Crippen molar-refractivity contribution in [2.75, 3.05) is 89.4 Å². The Morgan fingerprint density at radius 1 is 0.976 bits per heavy atom. The molecule has 220 valence electrons. The first-order chi connectivity index (χ1) is 19.8. The normalized spacial score (nSPS) is 21.6. The second-order valence-electron chi connectivity index (χ2n) is 11.2. The average Bonchev–Trinajstić information content (AvgIpc) is 3.62. The highest BCUT2D eigenvalue weighted by atomic mass is 32.2. The molecule has 0 unspecified atom stereocenters. The van der Waals surface area contributed by atoms with Crippen LogP contribution in [-0.2, 0) is 10.0 Å². The van der Waals surface area contributed by atoms with Crippen LogP contribution in [0.2, 0.25) is 0 Å². The molecule has 6 rings (SSSR count). The van der Waals surface area contributed by atoms with Gasteiger partial charge < -0.3 is 24.3 Å². The molecular weight excluding hydrogens is 558 g/mol. The number of ether oxygens (including phenoxy) is 1. The summed E-state index contributed by atoms with van der Waals surface area (Å²) < 4.78 is 32.3. The van der Waals surface area contributed by atoms with Crippen LogP contribution in [-0.4, -0.2) is 118 Å². The molecule has 3 aliphatic rings. The van der Waals surface area contributed by atoms with Crippen LogP contribution in [0.1, 0.15) is 12.8 Å². The molecule has 41 heavy (non-hydrogen) atoms. The minimum atomic E-state index is -3.44. The Kier molecular flexibility index (Phi) is 8.19. The van der Waals surface area contributed by atoms with Crippen molar-refractivity contribution in [1.29, 1.82) is 0 Å². The van der Waals surface area contributed by atoms with E-state index in [1.54, 1.807) is 11.3 Å². The van der Waals surface area contributed by atoms with Crippen LogP contribution in [0.15, 0.2) is 42.3 Å². The van der Waals surface area contributed by atoms with E-state index in [1.807, 2.05) is 0 Å². The number of likely N-dealkylation sites (tertiary alicyclic amines) is 1. The van der Waals surface area contributed by atoms with Gasteiger partial charge in [0.15, 0.2) is 0 Å². The fourth-order valence-corrected chi connectivity index (χ4v) is 7.76. The number of rotatable bonds is 8. The zero-order chi connectivity index (χ0) is 28.6. The SMILES string of the molecule is C=CS(=O)(=O)N1CCN(c2nc(OC[C@H]3CCCN3C)nc3sc(-c4ccc(N5CCN(C)CC5)cc4)cc23)CC1. The molecule has 1 atom stereocenters. The molecule has 10 nitrogen and oxygen atoms in total. The van der Waals surface area contributed by atoms with Crippen molar-refractivity contribution in [1.82, 2.24) is 24.1 Å². The van der Waals surface area contributed by atoms with Gasteiger partial charge in [0.2, 0.25) is 10.0 Å². The Morgan fingerprint density at radius 3 is 2.34 bits per heavy atom. The summed E-state index contributed by atoms with van der Waals surface area (Å²) in [5.41, 5.74) is 2.40. The Hall–Kier alpha value is -2.77. The molecule has 3 saturated heterocycles. The summed E-state index contributed by atoms with van der Waals surface area (Å²) in [6.45, 7) is 11.2. The maximum absolute atomic E-state index is 12.3. The van der Waals surface area contributed by atoms with E-state index in [1.165, 1.54) is 16.4 Å². The van der Waals surface area contributed by atoms with Crippen molar-refractivity contribution in [3.63, 3.8) is 0 Å². The number of hydrogen-bond acceptors (Lipinski definition) is 10. The number of benzene rings is 1. The second kappa shape index (κ2) is 11.8. The standard InChI is InChI=1S/C29H39N7O3S2/c1-4-41(37,38)36-18-16-35(17-19-36)27-25-20-26(22-7-9-23(10-8-22)34-14-12-32(2)13-15-34)40-28(25)31-29(30-27)39-21-24-6-5-11-33(24)3/h4,7-10,20,24H,1,5-6,11-19,21H2,2-3H3/t24-/m1/s1. The first kappa shape index (κ1) is 28.4. The Balaban J connectivity index is 1.28. The third kappa shape index (κ3) is 6.07. The molecule has 3 aromatic rings. The minimum absolute atomic E-state index is 0.364. The Morgan fingerprint density at radius 2 is 1.68 bits per heavy atom. The lowest BCUT2D eigenvalue weighted by Gasteiger charge is -2.34. The molecule has 0 bridgehead atoms. The number of fused-ring (bicyclic) bond motifs is 1. The van der Waals surface area contributed by atoms with Gasteiger partial charge in [-0.25, -0.2) is 8.42 Å². The summed E-state index contributed by atoms with van der Waals surface area (Å²) in [6.07, 6.45) is 2.29. The Bertz CT molecular complexity index is 1480. The summed E-state index contributed by atoms with van der Waals surface area (Å²) in [5.74, 6) is 0.803. The minimum Gasteiger partial charge on any atom is -0.462 e. The van der Waals surface area contributed by atoms with Crippen LogP contribution < -0.4 is 14.5 Å². The highest BCUT2D eigenvalue weighted by Gasteiger charge is 2.28. The van der Waals surface area contributed by atoms with Crippen molar-refractivity contribution in [3.8, 4) is 16.5 Å². The van der Waals surface area contributed by atoms with Crippen molar-refractivity contribution < 1.29 is 13.2 Å². The van der Waals surface area contributed by atoms with E-state index in [9.17, 15) is 8.42 Å². The zero-order valence-electron chi connectivity index (χ0n) is 23.9. The number of hydrogen-bond donors (Lipinski definition) is 0. The molecule has 0 N–H and O–H groups in total. The molecule has 0 spiro atoms. The number of aromatic nitrogens is 2. The van der Waals surface area contributed by atoms with E-state index in [4.69, 9.17) is 14.7 Å². The number of anilines is 2. The first-order valence-electron chi connectivity index (χ1n) is 14.4. The van der Waals surface area contributed by atoms with Crippen molar-refractivity contribution in [2.24, 2.45) is 0 Å². The van der Waals surface area contributed by atoms with Gasteiger partial charge in [0.05, 0.1) is 5.39 Å². The molecule has 3 fully saturated rings. The monoisotopic (exact) mass is 597 g/mol. The maximum Gasteiger partial charge on any atom is 0.319 e. The molecule has 0 saturated carbocycles. The third-order valence-corrected chi connectivity index (χ3v) is 11.1. The van der Waals surface area contributed by atoms with E-state index in [0.29, 0.717) is 44.8 Å². The fraction of sp³-hybridized carbons (Fsp3) is 0.517. The van der Waals surface area contributed by atoms with E-state index in [-0.39, 0.29) is 0 Å². The van der Waals surface area contributed by atoms with Crippen LogP contribution >= 0.6 is 11.3 Å². The number of nitrogens with zero attached hydrogens (tertiary/aromatic N) is 7. The van der Waals surface area contributed by atoms with Crippen molar-refractivity contribution in [2.45, 2.75) is 18.9 Å². The van der Waals surface area contributed by atoms with Gasteiger partial charge in [-0.1, -0.05) is 18.7 Å². The van der Waals surface area contributed by atoms with E-state index < -0.39 is 10.0 Å². The molecule has 5 heterocycles. The summed E-state index contributed by atoms with van der Waals surface area (Å²) >= 11 is 1.64. The van der Waals surface area contributed by atoms with Gasteiger partial charge in [0.1, 0.15) is 17.3 Å². The average molecular weight is 598 g/mol. The van der Waals surface area contributed by atoms with Gasteiger partial charge in [0, 0.05) is 74.4 Å². The molecule has 0 amide bonds. The van der Waals surface area contributed by atoms with Gasteiger partial charge >= 0.3 is 6.01 Å². The molecular formula is C29H39N7O3S2. The summed E-state index contributed by atoms with van der Waals surface area (Å²) in [6, 6.07) is 11.7. The predicted octanol–water partition coefficient (Wildman–Crippen LogP) is 3.18. The Labute approximate surface area is 246 Å². The quantitative estimate of drug-likeness (QED) is 0.389. The van der Waals surface area contributed by atoms with Crippen LogP contribution in [0, 0.1) is 0 Å². The van der Waals surface area contributed by atoms with Crippen LogP contribution in [0.3, 0.4) is 0 Å². The smallest absolute Gasteiger partial charge is 0.319 e. The predicted molar refractivity (Wildman–Crippen MR) is 167 cm³/mol. The number of likely N-dealkylation sites (N-methyl/N-ethyl adjacent to an activating group) is 2. The highest BCUT2D eigenvalue weighted by Crippen LogP contribution is 2.38. The topological polar surface area (TPSA) is 85.3 Å². The van der Waals surface area contributed by atoms with Gasteiger partial charge in [-0.2, -0.15) is 14.3 Å². The van der Waals surface area contributed by atoms with E-state index in [2.05, 4.69) is 70.6 Å². The summed E-state index contributed by atoms with van der Waals surface area (Å²) in [5, 5.41) is 2.00. The molecule has 0 aliphatic carbocycles. The van der Waals surface area contributed by atoms with Gasteiger partial charge in [-0.05, 0) is 57.2 Å². The number of piperazine rings is 2. The maximum atomic E-state index is 12.3. The number of thiophene rings is 1. The second-order valence-corrected chi connectivity index (χ2v) is 14.1. The van der Waals surface area contributed by atoms with Crippen LogP contribution in [0.25, 0.3) is 20.7 Å². The highest BCUT2D eigenvalue weighted by molar-refractivity contribution is 7.92. The van der Waals surface area contributed by atoms with Gasteiger partial charge in [-0.3, -0.25) is 0 Å². The van der Waals surface area contributed by atoms with Gasteiger partial charge in [0.25, 0.3) is 0 Å². The molecule has 1 aromatic carbocycles. The lowest BCUT2D eigenvalue weighted by Crippen LogP contribution is -2.48. The van der Waals surface area contributed by atoms with Crippen LogP contribution in [0.5, 0.6) is 6.01 Å². The first-order valence-corrected chi connectivity index (χ1v) is 16.7. The molecule has 0 radical (unpaired) electrons. The summed E-state index contributed by atoms with van der Waals surface area (Å²) in [4.78, 5) is 21.0. The van der Waals surface area contributed by atoms with Crippen LogP contribution in [0.4, 0.5) is 11.5 Å². The lowest BCUT2D eigenvalue weighted by atomic mass is 10.1. The number of sulfonamides is 1. The third-order valence-electron chi connectivity index (χ3n) is 8.56.